The van der Waals surface area contributed by atoms with Gasteiger partial charge in [-0.1, -0.05) is 22.6 Å². The minimum Gasteiger partial charge on any atom is -0.378 e. The number of halogens is 1. The van der Waals surface area contributed by atoms with Gasteiger partial charge in [0.1, 0.15) is 0 Å². The van der Waals surface area contributed by atoms with Crippen molar-refractivity contribution < 1.29 is 56.8 Å². The van der Waals surface area contributed by atoms with Gasteiger partial charge in [0.05, 0.1) is 159 Å². The lowest BCUT2D eigenvalue weighted by Crippen LogP contribution is -2.15. The van der Waals surface area contributed by atoms with Gasteiger partial charge in [0.15, 0.2) is 0 Å². The molecule has 0 atom stereocenters. The van der Waals surface area contributed by atoms with Crippen LogP contribution in [0.3, 0.4) is 0 Å². The molecule has 0 spiro atoms. The molecule has 0 bridgehead atoms. The lowest BCUT2D eigenvalue weighted by molar-refractivity contribution is -0.0281. The molecule has 242 valence electrons. The fourth-order valence-corrected chi connectivity index (χ4v) is 2.97. The van der Waals surface area contributed by atoms with E-state index in [1.165, 1.54) is 0 Å². The van der Waals surface area contributed by atoms with Gasteiger partial charge in [-0.15, -0.1) is 0 Å². The molecule has 0 fully saturated rings. The van der Waals surface area contributed by atoms with Gasteiger partial charge in [0, 0.05) is 11.0 Å². The molecule has 40 heavy (non-hydrogen) atoms. The Morgan fingerprint density at radius 1 is 0.250 bits per heavy atom. The summed E-state index contributed by atoms with van der Waals surface area (Å²) < 4.78 is 65.8. The second-order valence-electron chi connectivity index (χ2n) is 7.83. The first kappa shape index (κ1) is 40.2. The van der Waals surface area contributed by atoms with Crippen molar-refractivity contribution in [2.24, 2.45) is 5.73 Å². The Balaban J connectivity index is 3.01. The highest BCUT2D eigenvalue weighted by molar-refractivity contribution is 14.1. The van der Waals surface area contributed by atoms with Crippen molar-refractivity contribution >= 4 is 22.6 Å². The van der Waals surface area contributed by atoms with E-state index in [-0.39, 0.29) is 0 Å². The number of hydrogen-bond donors (Lipinski definition) is 1. The summed E-state index contributed by atoms with van der Waals surface area (Å²) in [5, 5.41) is 0. The highest BCUT2D eigenvalue weighted by Gasteiger charge is 1.96. The first-order valence-corrected chi connectivity index (χ1v) is 15.6. The van der Waals surface area contributed by atoms with E-state index >= 15 is 0 Å². The zero-order valence-electron chi connectivity index (χ0n) is 24.2. The molecule has 14 heteroatoms. The second-order valence-corrected chi connectivity index (χ2v) is 8.90. The molecule has 0 saturated heterocycles. The van der Waals surface area contributed by atoms with Crippen LogP contribution in [0.4, 0.5) is 0 Å². The van der Waals surface area contributed by atoms with Crippen LogP contribution < -0.4 is 5.73 Å². The van der Waals surface area contributed by atoms with Gasteiger partial charge in [-0.05, 0) is 0 Å². The van der Waals surface area contributed by atoms with Crippen molar-refractivity contribution in [3.05, 3.63) is 0 Å². The molecule has 0 aromatic heterocycles. The van der Waals surface area contributed by atoms with Gasteiger partial charge in [0.2, 0.25) is 0 Å². The van der Waals surface area contributed by atoms with Crippen LogP contribution in [-0.2, 0) is 56.8 Å². The normalized spacial score (nSPS) is 11.6. The predicted octanol–water partition coefficient (Wildman–Crippen LogP) is 0.579. The van der Waals surface area contributed by atoms with Crippen LogP contribution in [0.2, 0.25) is 0 Å². The van der Waals surface area contributed by atoms with E-state index in [1.54, 1.807) is 0 Å². The average molecular weight is 700 g/mol. The highest BCUT2D eigenvalue weighted by Crippen LogP contribution is 1.87. The third-order valence-corrected chi connectivity index (χ3v) is 5.02. The van der Waals surface area contributed by atoms with E-state index in [9.17, 15) is 0 Å². The van der Waals surface area contributed by atoms with Crippen LogP contribution in [-0.4, -0.2) is 170 Å². The summed E-state index contributed by atoms with van der Waals surface area (Å²) in [5.41, 5.74) is 5.32. The Hall–Kier alpha value is 0.210. The number of alkyl halides is 1. The zero-order chi connectivity index (χ0) is 28.9. The number of rotatable bonds is 37. The zero-order valence-corrected chi connectivity index (χ0v) is 26.4. The van der Waals surface area contributed by atoms with Crippen LogP contribution in [0, 0.1) is 0 Å². The maximum absolute atomic E-state index is 5.46. The van der Waals surface area contributed by atoms with Crippen molar-refractivity contribution in [3.63, 3.8) is 0 Å². The fourth-order valence-electron chi connectivity index (χ4n) is 2.66. The van der Waals surface area contributed by atoms with Crippen LogP contribution in [0.5, 0.6) is 0 Å². The van der Waals surface area contributed by atoms with Crippen molar-refractivity contribution in [2.45, 2.75) is 0 Å². The molecular formula is C26H54INO12. The summed E-state index contributed by atoms with van der Waals surface area (Å²) in [5.74, 6) is 0. The van der Waals surface area contributed by atoms with Gasteiger partial charge in [0.25, 0.3) is 0 Å². The number of nitrogens with two attached hydrogens (primary N) is 1. The Bertz CT molecular complexity index is 408. The van der Waals surface area contributed by atoms with Crippen molar-refractivity contribution in [1.29, 1.82) is 0 Å². The lowest BCUT2D eigenvalue weighted by atomic mass is 10.6. The summed E-state index contributed by atoms with van der Waals surface area (Å²) in [6.45, 7) is 13.7. The molecule has 0 unspecified atom stereocenters. The quantitative estimate of drug-likeness (QED) is 0.0551. The van der Waals surface area contributed by atoms with Crippen molar-refractivity contribution in [1.82, 2.24) is 0 Å². The maximum atomic E-state index is 5.46. The Morgan fingerprint density at radius 3 is 0.550 bits per heavy atom. The van der Waals surface area contributed by atoms with E-state index < -0.39 is 0 Å². The first-order valence-electron chi connectivity index (χ1n) is 14.1. The van der Waals surface area contributed by atoms with E-state index in [1.807, 2.05) is 0 Å². The van der Waals surface area contributed by atoms with Gasteiger partial charge >= 0.3 is 0 Å². The third kappa shape index (κ3) is 38.2. The molecular weight excluding hydrogens is 645 g/mol. The van der Waals surface area contributed by atoms with Crippen LogP contribution in [0.15, 0.2) is 0 Å². The lowest BCUT2D eigenvalue weighted by Gasteiger charge is -2.09. The molecule has 0 saturated carbocycles. The molecule has 0 aliphatic heterocycles. The molecule has 0 heterocycles. The predicted molar refractivity (Wildman–Crippen MR) is 158 cm³/mol. The van der Waals surface area contributed by atoms with Gasteiger partial charge in [-0.2, -0.15) is 0 Å². The van der Waals surface area contributed by atoms with Crippen molar-refractivity contribution in [3.8, 4) is 0 Å². The largest absolute Gasteiger partial charge is 0.378 e. The first-order chi connectivity index (χ1) is 19.9. The number of ether oxygens (including phenoxy) is 12. The standard InChI is InChI=1S/C26H54INO12/c27-1-3-29-5-7-31-9-11-33-13-15-35-17-19-37-21-23-39-25-26-40-24-22-38-20-18-36-16-14-34-12-10-32-8-6-30-4-2-28/h1-26,28H2. The molecule has 0 radical (unpaired) electrons. The summed E-state index contributed by atoms with van der Waals surface area (Å²) in [6, 6.07) is 0. The number of hydrogen-bond acceptors (Lipinski definition) is 13. The molecule has 2 N–H and O–H groups in total. The summed E-state index contributed by atoms with van der Waals surface area (Å²) in [6.07, 6.45) is 0. The fraction of sp³-hybridized carbons (Fsp3) is 1.00. The molecule has 13 nitrogen and oxygen atoms in total. The Labute approximate surface area is 254 Å². The molecule has 0 amide bonds. The molecule has 0 rings (SSSR count). The van der Waals surface area contributed by atoms with E-state index in [0.717, 1.165) is 11.0 Å². The summed E-state index contributed by atoms with van der Waals surface area (Å²) in [4.78, 5) is 0. The van der Waals surface area contributed by atoms with Crippen LogP contribution >= 0.6 is 22.6 Å². The average Bonchev–Trinajstić information content (AvgIpc) is 2.97. The topological polar surface area (TPSA) is 137 Å². The molecule has 0 aromatic rings. The third-order valence-electron chi connectivity index (χ3n) is 4.58. The van der Waals surface area contributed by atoms with Gasteiger partial charge < -0.3 is 62.6 Å². The highest BCUT2D eigenvalue weighted by atomic mass is 127. The van der Waals surface area contributed by atoms with Gasteiger partial charge in [-0.3, -0.25) is 0 Å². The summed E-state index contributed by atoms with van der Waals surface area (Å²) >= 11 is 2.28. The monoisotopic (exact) mass is 699 g/mol. The molecule has 0 aliphatic carbocycles. The smallest absolute Gasteiger partial charge is 0.0701 e. The van der Waals surface area contributed by atoms with Crippen LogP contribution in [0.25, 0.3) is 0 Å². The minimum absolute atomic E-state index is 0.516. The van der Waals surface area contributed by atoms with E-state index in [2.05, 4.69) is 22.6 Å². The van der Waals surface area contributed by atoms with Gasteiger partial charge in [-0.25, -0.2) is 0 Å². The van der Waals surface area contributed by atoms with Crippen molar-refractivity contribution in [2.75, 3.05) is 170 Å². The minimum atomic E-state index is 0.516. The SMILES string of the molecule is NCCOCCOCCOCCOCCOCCOCCOCCOCCOCCOCCOCCOCCI. The summed E-state index contributed by atoms with van der Waals surface area (Å²) in [7, 11) is 0. The Morgan fingerprint density at radius 2 is 0.400 bits per heavy atom. The molecule has 0 aliphatic rings. The maximum Gasteiger partial charge on any atom is 0.0701 e. The molecule has 0 aromatic carbocycles. The second kappa shape index (κ2) is 39.2. The van der Waals surface area contributed by atoms with E-state index in [0.29, 0.717) is 159 Å². The Kier molecular flexibility index (Phi) is 39.4. The van der Waals surface area contributed by atoms with E-state index in [4.69, 9.17) is 62.6 Å². The van der Waals surface area contributed by atoms with Crippen LogP contribution in [0.1, 0.15) is 0 Å².